The predicted octanol–water partition coefficient (Wildman–Crippen LogP) is 2.68. The topological polar surface area (TPSA) is 67.6 Å². The summed E-state index contributed by atoms with van der Waals surface area (Å²) in [6.07, 6.45) is 2.71. The van der Waals surface area contributed by atoms with Crippen LogP contribution >= 0.6 is 0 Å². The molecule has 3 N–H and O–H groups in total. The van der Waals surface area contributed by atoms with Crippen molar-refractivity contribution in [3.05, 3.63) is 29.8 Å². The van der Waals surface area contributed by atoms with E-state index in [4.69, 9.17) is 10.5 Å². The number of rotatable bonds is 5. The lowest BCUT2D eigenvalue weighted by Gasteiger charge is -2.37. The van der Waals surface area contributed by atoms with Gasteiger partial charge < -0.3 is 20.7 Å². The summed E-state index contributed by atoms with van der Waals surface area (Å²) in [6.45, 7) is 7.74. The van der Waals surface area contributed by atoms with Crippen molar-refractivity contribution in [1.29, 1.82) is 0 Å². The van der Waals surface area contributed by atoms with Gasteiger partial charge in [0.25, 0.3) is 0 Å². The van der Waals surface area contributed by atoms with Crippen molar-refractivity contribution in [3.8, 4) is 0 Å². The molecule has 1 aromatic carbocycles. The van der Waals surface area contributed by atoms with Crippen LogP contribution in [0.3, 0.4) is 0 Å². The highest BCUT2D eigenvalue weighted by Gasteiger charge is 2.23. The zero-order valence-electron chi connectivity index (χ0n) is 14.5. The standard InChI is InChI=1S/C18H29N3O2/c1-18(2,3)23-17(22)20-11-10-15(13-19)21-12-6-8-14-7-4-5-9-16(14)21/h4-5,7,9,15H,6,8,10-13,19H2,1-3H3,(H,20,22). The Kier molecular flexibility index (Phi) is 5.88. The second-order valence-electron chi connectivity index (χ2n) is 7.03. The summed E-state index contributed by atoms with van der Waals surface area (Å²) in [7, 11) is 0. The molecule has 128 valence electrons. The number of hydrogen-bond donors (Lipinski definition) is 2. The second kappa shape index (κ2) is 7.68. The highest BCUT2D eigenvalue weighted by atomic mass is 16.6. The number of nitrogens with one attached hydrogen (secondary N) is 1. The molecule has 0 saturated carbocycles. The lowest BCUT2D eigenvalue weighted by molar-refractivity contribution is 0.0526. The van der Waals surface area contributed by atoms with Crippen LogP contribution in [-0.2, 0) is 11.2 Å². The summed E-state index contributed by atoms with van der Waals surface area (Å²) >= 11 is 0. The third-order valence-corrected chi connectivity index (χ3v) is 4.00. The van der Waals surface area contributed by atoms with E-state index in [9.17, 15) is 4.79 Å². The molecule has 1 aliphatic rings. The van der Waals surface area contributed by atoms with Crippen LogP contribution in [0, 0.1) is 0 Å². The molecule has 0 aliphatic carbocycles. The largest absolute Gasteiger partial charge is 0.444 e. The number of anilines is 1. The average Bonchev–Trinajstić information content (AvgIpc) is 2.49. The molecule has 0 aromatic heterocycles. The number of ether oxygens (including phenoxy) is 1. The number of aryl methyl sites for hydroxylation is 1. The highest BCUT2D eigenvalue weighted by Crippen LogP contribution is 2.28. The Hall–Kier alpha value is -1.75. The van der Waals surface area contributed by atoms with Gasteiger partial charge in [-0.25, -0.2) is 4.79 Å². The van der Waals surface area contributed by atoms with Crippen LogP contribution in [0.2, 0.25) is 0 Å². The highest BCUT2D eigenvalue weighted by molar-refractivity contribution is 5.67. The van der Waals surface area contributed by atoms with Crippen LogP contribution < -0.4 is 16.0 Å². The lowest BCUT2D eigenvalue weighted by Crippen LogP contribution is -2.45. The third-order valence-electron chi connectivity index (χ3n) is 4.00. The fourth-order valence-electron chi connectivity index (χ4n) is 3.00. The average molecular weight is 319 g/mol. The van der Waals surface area contributed by atoms with Gasteiger partial charge in [0.05, 0.1) is 0 Å². The van der Waals surface area contributed by atoms with Gasteiger partial charge in [-0.3, -0.25) is 0 Å². The molecule has 5 nitrogen and oxygen atoms in total. The fourth-order valence-corrected chi connectivity index (χ4v) is 3.00. The first-order chi connectivity index (χ1) is 10.9. The third kappa shape index (κ3) is 5.13. The number of carbonyl (C=O) groups is 1. The number of alkyl carbamates (subject to hydrolysis) is 1. The minimum atomic E-state index is -0.469. The molecular formula is C18H29N3O2. The summed E-state index contributed by atoms with van der Waals surface area (Å²) in [5, 5.41) is 2.82. The van der Waals surface area contributed by atoms with Crippen molar-refractivity contribution in [2.45, 2.75) is 51.7 Å². The summed E-state index contributed by atoms with van der Waals surface area (Å²) in [4.78, 5) is 14.1. The van der Waals surface area contributed by atoms with Gasteiger partial charge in [0, 0.05) is 31.4 Å². The molecule has 5 heteroatoms. The van der Waals surface area contributed by atoms with Gasteiger partial charge in [0.2, 0.25) is 0 Å². The van der Waals surface area contributed by atoms with Crippen LogP contribution in [0.1, 0.15) is 39.2 Å². The maximum Gasteiger partial charge on any atom is 0.407 e. The molecule has 1 unspecified atom stereocenters. The van der Waals surface area contributed by atoms with Gasteiger partial charge >= 0.3 is 6.09 Å². The van der Waals surface area contributed by atoms with Gasteiger partial charge in [0.15, 0.2) is 0 Å². The molecule has 0 radical (unpaired) electrons. The number of carbonyl (C=O) groups excluding carboxylic acids is 1. The monoisotopic (exact) mass is 319 g/mol. The van der Waals surface area contributed by atoms with E-state index < -0.39 is 5.60 Å². The Balaban J connectivity index is 1.90. The molecule has 0 fully saturated rings. The molecule has 1 atom stereocenters. The van der Waals surface area contributed by atoms with Gasteiger partial charge in [-0.2, -0.15) is 0 Å². The van der Waals surface area contributed by atoms with Gasteiger partial charge in [0.1, 0.15) is 5.60 Å². The van der Waals surface area contributed by atoms with Crippen molar-refractivity contribution in [3.63, 3.8) is 0 Å². The zero-order valence-corrected chi connectivity index (χ0v) is 14.5. The molecule has 23 heavy (non-hydrogen) atoms. The zero-order chi connectivity index (χ0) is 16.9. The van der Waals surface area contributed by atoms with Gasteiger partial charge in [-0.05, 0) is 51.7 Å². The molecular weight excluding hydrogens is 290 g/mol. The molecule has 1 heterocycles. The first-order valence-electron chi connectivity index (χ1n) is 8.42. The number of nitrogens with two attached hydrogens (primary N) is 1. The van der Waals surface area contributed by atoms with Crippen molar-refractivity contribution in [1.82, 2.24) is 5.32 Å². The smallest absolute Gasteiger partial charge is 0.407 e. The Labute approximate surface area is 139 Å². The van der Waals surface area contributed by atoms with E-state index in [2.05, 4.69) is 34.5 Å². The van der Waals surface area contributed by atoms with Crippen molar-refractivity contribution >= 4 is 11.8 Å². The number of benzene rings is 1. The number of amides is 1. The Morgan fingerprint density at radius 1 is 1.39 bits per heavy atom. The quantitative estimate of drug-likeness (QED) is 0.875. The number of fused-ring (bicyclic) bond motifs is 1. The van der Waals surface area contributed by atoms with Crippen molar-refractivity contribution in [2.75, 3.05) is 24.5 Å². The number of para-hydroxylation sites is 1. The van der Waals surface area contributed by atoms with Crippen LogP contribution in [-0.4, -0.2) is 37.4 Å². The first kappa shape index (κ1) is 17.6. The number of nitrogens with zero attached hydrogens (tertiary/aromatic N) is 1. The van der Waals surface area contributed by atoms with Gasteiger partial charge in [-0.15, -0.1) is 0 Å². The Bertz CT molecular complexity index is 525. The SMILES string of the molecule is CC(C)(C)OC(=O)NCCC(CN)N1CCCc2ccccc21. The van der Waals surface area contributed by atoms with E-state index in [-0.39, 0.29) is 12.1 Å². The summed E-state index contributed by atoms with van der Waals surface area (Å²) in [5.74, 6) is 0. The van der Waals surface area contributed by atoms with E-state index in [1.165, 1.54) is 11.3 Å². The maximum absolute atomic E-state index is 11.7. The van der Waals surface area contributed by atoms with Gasteiger partial charge in [-0.1, -0.05) is 18.2 Å². The van der Waals surface area contributed by atoms with E-state index in [0.29, 0.717) is 13.1 Å². The maximum atomic E-state index is 11.7. The molecule has 0 saturated heterocycles. The Morgan fingerprint density at radius 2 is 2.13 bits per heavy atom. The summed E-state index contributed by atoms with van der Waals surface area (Å²) in [6, 6.07) is 8.74. The van der Waals surface area contributed by atoms with E-state index in [0.717, 1.165) is 25.8 Å². The van der Waals surface area contributed by atoms with E-state index in [1.54, 1.807) is 0 Å². The van der Waals surface area contributed by atoms with Crippen LogP contribution in [0.25, 0.3) is 0 Å². The van der Waals surface area contributed by atoms with Crippen molar-refractivity contribution in [2.24, 2.45) is 5.73 Å². The molecule has 0 spiro atoms. The molecule has 2 rings (SSSR count). The first-order valence-corrected chi connectivity index (χ1v) is 8.42. The molecule has 1 amide bonds. The second-order valence-corrected chi connectivity index (χ2v) is 7.03. The summed E-state index contributed by atoms with van der Waals surface area (Å²) in [5.41, 5.74) is 8.19. The predicted molar refractivity (Wildman–Crippen MR) is 93.8 cm³/mol. The minimum Gasteiger partial charge on any atom is -0.444 e. The van der Waals surface area contributed by atoms with Crippen molar-refractivity contribution < 1.29 is 9.53 Å². The van der Waals surface area contributed by atoms with Crippen LogP contribution in [0.15, 0.2) is 24.3 Å². The normalized spacial score (nSPS) is 15.7. The van der Waals surface area contributed by atoms with Crippen LogP contribution in [0.4, 0.5) is 10.5 Å². The lowest BCUT2D eigenvalue weighted by atomic mass is 9.99. The molecule has 1 aliphatic heterocycles. The Morgan fingerprint density at radius 3 is 2.83 bits per heavy atom. The van der Waals surface area contributed by atoms with E-state index in [1.807, 2.05) is 20.8 Å². The molecule has 0 bridgehead atoms. The summed E-state index contributed by atoms with van der Waals surface area (Å²) < 4.78 is 5.26. The number of hydrogen-bond acceptors (Lipinski definition) is 4. The van der Waals surface area contributed by atoms with E-state index >= 15 is 0 Å². The fraction of sp³-hybridized carbons (Fsp3) is 0.611. The minimum absolute atomic E-state index is 0.228. The van der Waals surface area contributed by atoms with Crippen LogP contribution in [0.5, 0.6) is 0 Å². The molecule has 1 aromatic rings.